The normalized spacial score (nSPS) is 11.9. The lowest BCUT2D eigenvalue weighted by Gasteiger charge is -2.27. The maximum absolute atomic E-state index is 12.8. The smallest absolute Gasteiger partial charge is 0.387 e. The Bertz CT molecular complexity index is 1110. The van der Waals surface area contributed by atoms with Crippen molar-refractivity contribution >= 4 is 51.3 Å². The molecule has 4 N–H and O–H groups in total. The molecule has 0 spiro atoms. The number of ketones is 1. The molecule has 0 aliphatic carbocycles. The predicted molar refractivity (Wildman–Crippen MR) is 113 cm³/mol. The molecule has 1 amide bonds. The first kappa shape index (κ1) is 22.4. The summed E-state index contributed by atoms with van der Waals surface area (Å²) in [5, 5.41) is 0.0804. The molecular formula is C19H16ClF2N5O3S. The number of aromatic nitrogens is 2. The van der Waals surface area contributed by atoms with Gasteiger partial charge in [-0.3, -0.25) is 14.6 Å². The summed E-state index contributed by atoms with van der Waals surface area (Å²) >= 11 is 7.00. The van der Waals surface area contributed by atoms with Gasteiger partial charge in [-0.25, -0.2) is 4.98 Å². The van der Waals surface area contributed by atoms with Crippen molar-refractivity contribution in [2.75, 3.05) is 10.6 Å². The fraction of sp³-hybridized carbons (Fsp3) is 0.158. The van der Waals surface area contributed by atoms with E-state index in [1.165, 1.54) is 54.5 Å². The summed E-state index contributed by atoms with van der Waals surface area (Å²) in [6.45, 7) is -1.54. The number of carbonyl (C=O) groups is 2. The third kappa shape index (κ3) is 4.89. The van der Waals surface area contributed by atoms with Crippen molar-refractivity contribution in [3.63, 3.8) is 0 Å². The molecule has 8 nitrogen and oxygen atoms in total. The summed E-state index contributed by atoms with van der Waals surface area (Å²) in [6, 6.07) is 6.10. The van der Waals surface area contributed by atoms with Crippen molar-refractivity contribution in [2.45, 2.75) is 19.6 Å². The number of halogens is 3. The van der Waals surface area contributed by atoms with E-state index in [0.29, 0.717) is 11.3 Å². The minimum Gasteiger partial charge on any atom is -0.433 e. The highest BCUT2D eigenvalue weighted by Crippen LogP contribution is 2.38. The maximum Gasteiger partial charge on any atom is 0.387 e. The minimum atomic E-state index is -3.05. The molecule has 0 unspecified atom stereocenters. The van der Waals surface area contributed by atoms with Crippen LogP contribution in [-0.4, -0.2) is 34.3 Å². The average Bonchev–Trinajstić information content (AvgIpc) is 3.10. The van der Waals surface area contributed by atoms with Crippen LogP contribution in [0, 0.1) is 0 Å². The van der Waals surface area contributed by atoms with Crippen LogP contribution in [0.1, 0.15) is 22.2 Å². The third-order valence-corrected chi connectivity index (χ3v) is 5.57. The number of hydrogen-bond donors (Lipinski definition) is 2. The van der Waals surface area contributed by atoms with Gasteiger partial charge in [0.05, 0.1) is 5.02 Å². The first-order valence-electron chi connectivity index (χ1n) is 8.73. The molecule has 31 heavy (non-hydrogen) atoms. The number of ether oxygens (including phenoxy) is 1. The van der Waals surface area contributed by atoms with E-state index < -0.39 is 18.6 Å². The van der Waals surface area contributed by atoms with Crippen LogP contribution < -0.4 is 21.1 Å². The molecule has 0 saturated heterocycles. The molecule has 1 atom stereocenters. The predicted octanol–water partition coefficient (Wildman–Crippen LogP) is 3.62. The van der Waals surface area contributed by atoms with E-state index in [9.17, 15) is 18.4 Å². The van der Waals surface area contributed by atoms with E-state index in [1.807, 2.05) is 0 Å². The van der Waals surface area contributed by atoms with Crippen LogP contribution in [0.5, 0.6) is 5.75 Å². The number of nitrogen functional groups attached to an aromatic ring is 1. The second-order valence-electron chi connectivity index (χ2n) is 6.22. The van der Waals surface area contributed by atoms with Gasteiger partial charge in [-0.1, -0.05) is 22.9 Å². The first-order valence-corrected chi connectivity index (χ1v) is 9.92. The van der Waals surface area contributed by atoms with Crippen molar-refractivity contribution in [1.29, 1.82) is 0 Å². The molecule has 3 rings (SSSR count). The monoisotopic (exact) mass is 467 g/mol. The highest BCUT2D eigenvalue weighted by Gasteiger charge is 2.28. The number of rotatable bonds is 8. The summed E-state index contributed by atoms with van der Waals surface area (Å²) in [4.78, 5) is 34.4. The summed E-state index contributed by atoms with van der Waals surface area (Å²) in [5.74, 6) is -1.33. The van der Waals surface area contributed by atoms with Crippen molar-refractivity contribution in [1.82, 2.24) is 9.97 Å². The number of thiazole rings is 1. The van der Waals surface area contributed by atoms with E-state index in [0.717, 1.165) is 11.3 Å². The number of amides is 1. The molecule has 2 heterocycles. The Morgan fingerprint density at radius 3 is 2.48 bits per heavy atom. The topological polar surface area (TPSA) is 124 Å². The van der Waals surface area contributed by atoms with Gasteiger partial charge in [-0.2, -0.15) is 8.78 Å². The molecule has 0 saturated carbocycles. The summed E-state index contributed by atoms with van der Waals surface area (Å²) in [6.07, 6.45) is 2.94. The van der Waals surface area contributed by atoms with Gasteiger partial charge in [-0.15, -0.1) is 0 Å². The van der Waals surface area contributed by atoms with Crippen LogP contribution in [0.4, 0.5) is 25.4 Å². The number of benzene rings is 1. The molecule has 0 aliphatic rings. The molecule has 1 aromatic carbocycles. The van der Waals surface area contributed by atoms with Gasteiger partial charge in [0.1, 0.15) is 22.5 Å². The second-order valence-corrected chi connectivity index (χ2v) is 7.60. The number of alkyl halides is 2. The third-order valence-electron chi connectivity index (χ3n) is 4.21. The molecule has 0 radical (unpaired) electrons. The Morgan fingerprint density at radius 1 is 1.23 bits per heavy atom. The average molecular weight is 468 g/mol. The molecule has 0 aliphatic heterocycles. The SMILES string of the molecule is C[C@H](C(N)=O)N(c1ccc(OC(F)F)c(Cl)c1)c1nc(N)c(C(=O)c2ccncc2)s1. The first-order chi connectivity index (χ1) is 14.7. The maximum atomic E-state index is 12.8. The number of carbonyl (C=O) groups excluding carboxylic acids is 2. The van der Waals surface area contributed by atoms with Crippen LogP contribution >= 0.6 is 22.9 Å². The molecule has 0 bridgehead atoms. The van der Waals surface area contributed by atoms with Gasteiger partial charge in [-0.05, 0) is 37.3 Å². The zero-order valence-electron chi connectivity index (χ0n) is 16.0. The molecule has 162 valence electrons. The number of pyridine rings is 1. The van der Waals surface area contributed by atoms with Crippen molar-refractivity contribution in [3.05, 3.63) is 58.2 Å². The van der Waals surface area contributed by atoms with Crippen LogP contribution in [0.15, 0.2) is 42.7 Å². The Morgan fingerprint density at radius 2 is 1.90 bits per heavy atom. The molecule has 12 heteroatoms. The van der Waals surface area contributed by atoms with Gasteiger partial charge in [0.25, 0.3) is 0 Å². The van der Waals surface area contributed by atoms with Gasteiger partial charge in [0, 0.05) is 23.6 Å². The van der Waals surface area contributed by atoms with Crippen LogP contribution in [-0.2, 0) is 4.79 Å². The van der Waals surface area contributed by atoms with Crippen LogP contribution in [0.3, 0.4) is 0 Å². The lowest BCUT2D eigenvalue weighted by atomic mass is 10.1. The number of anilines is 3. The zero-order chi connectivity index (χ0) is 22.7. The Balaban J connectivity index is 2.04. The quantitative estimate of drug-likeness (QED) is 0.485. The van der Waals surface area contributed by atoms with Crippen molar-refractivity contribution in [3.8, 4) is 5.75 Å². The van der Waals surface area contributed by atoms with Gasteiger partial charge < -0.3 is 21.1 Å². The van der Waals surface area contributed by atoms with E-state index in [-0.39, 0.29) is 32.4 Å². The number of hydrogen-bond acceptors (Lipinski definition) is 8. The fourth-order valence-corrected chi connectivity index (χ4v) is 3.95. The zero-order valence-corrected chi connectivity index (χ0v) is 17.5. The highest BCUT2D eigenvalue weighted by atomic mass is 35.5. The van der Waals surface area contributed by atoms with Gasteiger partial charge >= 0.3 is 6.61 Å². The van der Waals surface area contributed by atoms with Crippen LogP contribution in [0.25, 0.3) is 0 Å². The lowest BCUT2D eigenvalue weighted by molar-refractivity contribution is -0.118. The Labute approximate surface area is 184 Å². The van der Waals surface area contributed by atoms with E-state index >= 15 is 0 Å². The molecule has 2 aromatic heterocycles. The molecule has 0 fully saturated rings. The lowest BCUT2D eigenvalue weighted by Crippen LogP contribution is -2.39. The minimum absolute atomic E-state index is 0.0350. The molecule has 3 aromatic rings. The largest absolute Gasteiger partial charge is 0.433 e. The van der Waals surface area contributed by atoms with Gasteiger partial charge in [0.2, 0.25) is 11.7 Å². The van der Waals surface area contributed by atoms with E-state index in [4.69, 9.17) is 23.1 Å². The number of primary amides is 1. The van der Waals surface area contributed by atoms with E-state index in [2.05, 4.69) is 14.7 Å². The Kier molecular flexibility index (Phi) is 6.66. The fourth-order valence-electron chi connectivity index (χ4n) is 2.68. The number of nitrogens with zero attached hydrogens (tertiary/aromatic N) is 3. The van der Waals surface area contributed by atoms with E-state index in [1.54, 1.807) is 0 Å². The summed E-state index contributed by atoms with van der Waals surface area (Å²) in [5.41, 5.74) is 12.1. The van der Waals surface area contributed by atoms with Crippen molar-refractivity contribution < 1.29 is 23.1 Å². The van der Waals surface area contributed by atoms with Gasteiger partial charge in [0.15, 0.2) is 5.13 Å². The Hall–Kier alpha value is -3.31. The standard InChI is InChI=1S/C19H16ClF2N5O3S/c1-9(17(24)29)27(11-2-3-13(12(20)8-11)30-18(21)22)19-26-16(23)15(31-19)14(28)10-4-6-25-7-5-10/h2-9,18H,23H2,1H3,(H2,24,29)/t9-/m1/s1. The summed E-state index contributed by atoms with van der Waals surface area (Å²) in [7, 11) is 0. The van der Waals surface area contributed by atoms with Crippen molar-refractivity contribution in [2.24, 2.45) is 5.73 Å². The summed E-state index contributed by atoms with van der Waals surface area (Å²) < 4.78 is 29.4. The highest BCUT2D eigenvalue weighted by molar-refractivity contribution is 7.18. The second kappa shape index (κ2) is 9.23. The number of nitrogens with two attached hydrogens (primary N) is 2. The molecular weight excluding hydrogens is 452 g/mol. The van der Waals surface area contributed by atoms with Crippen LogP contribution in [0.2, 0.25) is 5.02 Å².